The number of aromatic nitrogens is 2. The highest BCUT2D eigenvalue weighted by atomic mass is 16.6. The first-order chi connectivity index (χ1) is 12.2. The maximum atomic E-state index is 12.1. The molecule has 0 aromatic carbocycles. The quantitative estimate of drug-likeness (QED) is 0.827. The number of pyridine rings is 1. The molecule has 140 valence electrons. The van der Waals surface area contributed by atoms with Crippen LogP contribution in [0.3, 0.4) is 0 Å². The van der Waals surface area contributed by atoms with E-state index in [2.05, 4.69) is 39.7 Å². The number of amides is 1. The fourth-order valence-corrected chi connectivity index (χ4v) is 4.22. The van der Waals surface area contributed by atoms with Gasteiger partial charge in [0.05, 0.1) is 17.4 Å². The van der Waals surface area contributed by atoms with Gasteiger partial charge in [0.25, 0.3) is 0 Å². The number of rotatable bonds is 2. The summed E-state index contributed by atoms with van der Waals surface area (Å²) in [6.07, 6.45) is 6.14. The van der Waals surface area contributed by atoms with Crippen LogP contribution in [0.25, 0.3) is 5.52 Å². The summed E-state index contributed by atoms with van der Waals surface area (Å²) in [5.41, 5.74) is 2.20. The van der Waals surface area contributed by atoms with Crippen LogP contribution in [0.2, 0.25) is 0 Å². The molecule has 6 heteroatoms. The second-order valence-corrected chi connectivity index (χ2v) is 9.00. The predicted octanol–water partition coefficient (Wildman–Crippen LogP) is 3.48. The van der Waals surface area contributed by atoms with Crippen molar-refractivity contribution in [1.82, 2.24) is 14.3 Å². The Hall–Kier alpha value is -2.24. The van der Waals surface area contributed by atoms with Crippen LogP contribution in [-0.4, -0.2) is 52.2 Å². The minimum atomic E-state index is -0.424. The monoisotopic (exact) mass is 356 g/mol. The van der Waals surface area contributed by atoms with Gasteiger partial charge in [0.15, 0.2) is 0 Å². The lowest BCUT2D eigenvalue weighted by molar-refractivity contribution is -0.0774. The number of hydrogen-bond acceptors (Lipinski definition) is 4. The highest BCUT2D eigenvalue weighted by molar-refractivity contribution is 5.69. The minimum absolute atomic E-state index is 0.180. The van der Waals surface area contributed by atoms with Crippen molar-refractivity contribution in [3.63, 3.8) is 0 Å². The van der Waals surface area contributed by atoms with Crippen molar-refractivity contribution in [2.45, 2.75) is 52.2 Å². The van der Waals surface area contributed by atoms with Gasteiger partial charge in [0, 0.05) is 37.8 Å². The second-order valence-electron chi connectivity index (χ2n) is 9.00. The number of anilines is 1. The molecule has 2 fully saturated rings. The van der Waals surface area contributed by atoms with Crippen LogP contribution in [0, 0.1) is 12.3 Å². The number of carbonyl (C=O) groups excluding carboxylic acids is 1. The molecule has 0 radical (unpaired) electrons. The van der Waals surface area contributed by atoms with E-state index < -0.39 is 5.60 Å². The molecule has 2 aliphatic rings. The average molecular weight is 356 g/mol. The lowest BCUT2D eigenvalue weighted by atomic mass is 9.60. The van der Waals surface area contributed by atoms with Gasteiger partial charge in [0.1, 0.15) is 11.4 Å². The van der Waals surface area contributed by atoms with E-state index in [4.69, 9.17) is 4.74 Å². The van der Waals surface area contributed by atoms with E-state index in [-0.39, 0.29) is 6.09 Å². The summed E-state index contributed by atoms with van der Waals surface area (Å²) in [5.74, 6) is 1.01. The van der Waals surface area contributed by atoms with Gasteiger partial charge in [-0.1, -0.05) is 0 Å². The third kappa shape index (κ3) is 2.91. The fourth-order valence-electron chi connectivity index (χ4n) is 4.22. The van der Waals surface area contributed by atoms with E-state index in [0.29, 0.717) is 11.5 Å². The van der Waals surface area contributed by atoms with Crippen LogP contribution in [0.1, 0.15) is 39.4 Å². The first-order valence-corrected chi connectivity index (χ1v) is 9.30. The fraction of sp³-hybridized carbons (Fsp3) is 0.600. The molecule has 0 N–H and O–H groups in total. The molecule has 1 amide bonds. The summed E-state index contributed by atoms with van der Waals surface area (Å²) >= 11 is 0. The van der Waals surface area contributed by atoms with Crippen molar-refractivity contribution < 1.29 is 9.53 Å². The van der Waals surface area contributed by atoms with Gasteiger partial charge >= 0.3 is 6.09 Å². The molecular formula is C20H28N4O2. The van der Waals surface area contributed by atoms with Gasteiger partial charge in [-0.15, -0.1) is 0 Å². The molecule has 1 saturated heterocycles. The van der Waals surface area contributed by atoms with Gasteiger partial charge < -0.3 is 18.9 Å². The summed E-state index contributed by atoms with van der Waals surface area (Å²) in [4.78, 5) is 20.7. The topological polar surface area (TPSA) is 50.1 Å². The van der Waals surface area contributed by atoms with Crippen LogP contribution in [0.4, 0.5) is 10.5 Å². The number of imidazole rings is 1. The number of fused-ring (bicyclic) bond motifs is 1. The Kier molecular flexibility index (Phi) is 3.72. The smallest absolute Gasteiger partial charge is 0.410 e. The minimum Gasteiger partial charge on any atom is -0.444 e. The van der Waals surface area contributed by atoms with Gasteiger partial charge in [-0.3, -0.25) is 0 Å². The Balaban J connectivity index is 1.35. The third-order valence-corrected chi connectivity index (χ3v) is 5.69. The maximum Gasteiger partial charge on any atom is 0.410 e. The third-order valence-electron chi connectivity index (χ3n) is 5.69. The normalized spacial score (nSPS) is 19.3. The maximum absolute atomic E-state index is 12.1. The highest BCUT2D eigenvalue weighted by Gasteiger charge is 2.55. The molecule has 4 rings (SSSR count). The second kappa shape index (κ2) is 5.63. The van der Waals surface area contributed by atoms with Crippen molar-refractivity contribution in [3.05, 3.63) is 30.4 Å². The molecule has 1 aliphatic heterocycles. The van der Waals surface area contributed by atoms with Crippen molar-refractivity contribution in [2.75, 3.05) is 25.0 Å². The first kappa shape index (κ1) is 17.2. The number of nitrogens with zero attached hydrogens (tertiary/aromatic N) is 4. The Labute approximate surface area is 154 Å². The zero-order valence-electron chi connectivity index (χ0n) is 16.3. The van der Waals surface area contributed by atoms with Gasteiger partial charge in [-0.05, 0) is 52.7 Å². The van der Waals surface area contributed by atoms with E-state index in [9.17, 15) is 4.79 Å². The predicted molar refractivity (Wildman–Crippen MR) is 102 cm³/mol. The number of ether oxygens (including phenoxy) is 1. The Morgan fingerprint density at radius 1 is 1.31 bits per heavy atom. The highest BCUT2D eigenvalue weighted by Crippen LogP contribution is 2.50. The van der Waals surface area contributed by atoms with Crippen LogP contribution >= 0.6 is 0 Å². The Bertz CT molecular complexity index is 837. The van der Waals surface area contributed by atoms with E-state index >= 15 is 0 Å². The van der Waals surface area contributed by atoms with Crippen molar-refractivity contribution in [2.24, 2.45) is 5.41 Å². The van der Waals surface area contributed by atoms with Crippen LogP contribution in [-0.2, 0) is 4.74 Å². The molecule has 1 saturated carbocycles. The van der Waals surface area contributed by atoms with Crippen molar-refractivity contribution in [3.8, 4) is 0 Å². The number of aryl methyl sites for hydroxylation is 1. The lowest BCUT2D eigenvalue weighted by Crippen LogP contribution is -2.67. The van der Waals surface area contributed by atoms with Gasteiger partial charge in [0.2, 0.25) is 0 Å². The molecular weight excluding hydrogens is 328 g/mol. The zero-order chi connectivity index (χ0) is 18.7. The molecule has 26 heavy (non-hydrogen) atoms. The van der Waals surface area contributed by atoms with Gasteiger partial charge in [-0.25, -0.2) is 9.78 Å². The van der Waals surface area contributed by atoms with Crippen LogP contribution < -0.4 is 4.90 Å². The summed E-state index contributed by atoms with van der Waals surface area (Å²) in [6, 6.07) is 4.81. The summed E-state index contributed by atoms with van der Waals surface area (Å²) in [7, 11) is 2.16. The first-order valence-electron chi connectivity index (χ1n) is 9.30. The van der Waals surface area contributed by atoms with Crippen LogP contribution in [0.5, 0.6) is 0 Å². The molecule has 2 aromatic heterocycles. The van der Waals surface area contributed by atoms with E-state index in [1.807, 2.05) is 38.8 Å². The van der Waals surface area contributed by atoms with E-state index in [1.165, 1.54) is 5.69 Å². The zero-order valence-corrected chi connectivity index (χ0v) is 16.3. The summed E-state index contributed by atoms with van der Waals surface area (Å²) in [5, 5.41) is 0. The van der Waals surface area contributed by atoms with Crippen molar-refractivity contribution in [1.29, 1.82) is 0 Å². The standard InChI is InChI=1S/C20H28N4O2/c1-14-21-10-15-6-7-16(11-24(14)15)22(5)17-8-20(9-17)12-23(13-20)18(25)26-19(2,3)4/h6-7,10-11,17H,8-9,12-13H2,1-5H3. The SMILES string of the molecule is Cc1ncc2ccc(N(C)C3CC4(C3)CN(C(=O)OC(C)(C)C)C4)cn12. The largest absolute Gasteiger partial charge is 0.444 e. The number of carbonyl (C=O) groups is 1. The molecule has 1 aliphatic carbocycles. The molecule has 0 atom stereocenters. The van der Waals surface area contributed by atoms with Crippen LogP contribution in [0.15, 0.2) is 24.5 Å². The summed E-state index contributed by atoms with van der Waals surface area (Å²) < 4.78 is 7.59. The number of likely N-dealkylation sites (tertiary alicyclic amines) is 1. The van der Waals surface area contributed by atoms with Gasteiger partial charge in [-0.2, -0.15) is 0 Å². The molecule has 3 heterocycles. The van der Waals surface area contributed by atoms with E-state index in [1.54, 1.807) is 0 Å². The molecule has 0 unspecified atom stereocenters. The molecule has 1 spiro atoms. The van der Waals surface area contributed by atoms with E-state index in [0.717, 1.165) is 37.3 Å². The molecule has 6 nitrogen and oxygen atoms in total. The average Bonchev–Trinajstić information content (AvgIpc) is 2.83. The summed E-state index contributed by atoms with van der Waals surface area (Å²) in [6.45, 7) is 9.40. The molecule has 2 aromatic rings. The Morgan fingerprint density at radius 2 is 2.00 bits per heavy atom. The molecule has 0 bridgehead atoms. The Morgan fingerprint density at radius 3 is 2.65 bits per heavy atom. The number of hydrogen-bond donors (Lipinski definition) is 0. The van der Waals surface area contributed by atoms with Crippen molar-refractivity contribution >= 4 is 17.3 Å². The lowest BCUT2D eigenvalue weighted by Gasteiger charge is -2.60.